The zero-order chi connectivity index (χ0) is 26.3. The molecule has 0 bridgehead atoms. The monoisotopic (exact) mass is 539 g/mol. The Hall–Kier alpha value is -2.69. The van der Waals surface area contributed by atoms with Gasteiger partial charge in [-0.15, -0.1) is 11.6 Å². The van der Waals surface area contributed by atoms with Crippen molar-refractivity contribution in [3.63, 3.8) is 0 Å². The number of ether oxygens (including phenoxy) is 3. The predicted octanol–water partition coefficient (Wildman–Crippen LogP) is 2.85. The Labute approximate surface area is 218 Å². The number of anilines is 1. The third-order valence-corrected chi connectivity index (χ3v) is 8.35. The van der Waals surface area contributed by atoms with Crippen LogP contribution in [0.15, 0.2) is 41.3 Å². The summed E-state index contributed by atoms with van der Waals surface area (Å²) >= 11 is 5.70. The molecule has 0 aromatic heterocycles. The van der Waals surface area contributed by atoms with E-state index in [1.54, 1.807) is 57.5 Å². The normalized spacial score (nSPS) is 14.2. The van der Waals surface area contributed by atoms with Crippen LogP contribution in [0.3, 0.4) is 0 Å². The van der Waals surface area contributed by atoms with E-state index < -0.39 is 10.0 Å². The minimum atomic E-state index is -3.74. The number of amides is 1. The third kappa shape index (κ3) is 6.35. The zero-order valence-electron chi connectivity index (χ0n) is 21.2. The highest BCUT2D eigenvalue weighted by Crippen LogP contribution is 2.33. The number of likely N-dealkylation sites (N-methyl/N-ethyl adjacent to an activating group) is 1. The van der Waals surface area contributed by atoms with Crippen LogP contribution in [-0.4, -0.2) is 90.5 Å². The van der Waals surface area contributed by atoms with Crippen LogP contribution >= 0.6 is 11.6 Å². The molecule has 198 valence electrons. The maximum Gasteiger partial charge on any atom is 0.242 e. The summed E-state index contributed by atoms with van der Waals surface area (Å²) in [5.74, 6) is 2.14. The molecule has 1 aliphatic heterocycles. The van der Waals surface area contributed by atoms with Gasteiger partial charge < -0.3 is 24.0 Å². The Bertz CT molecular complexity index is 1150. The standard InChI is InChI=1S/C25H34ClN3O6S/c1-27(12-10-19-5-7-23(34-3)24(17-19)35-4)36(31,32)20-6-8-22(33-2)21(18-20)28-13-15-29(16-14-28)25(30)9-11-26/h5-8,17-18H,9-16H2,1-4H3. The number of rotatable bonds is 11. The fourth-order valence-electron chi connectivity index (χ4n) is 4.14. The van der Waals surface area contributed by atoms with Crippen molar-refractivity contribution in [2.75, 3.05) is 71.9 Å². The van der Waals surface area contributed by atoms with Gasteiger partial charge in [0, 0.05) is 52.1 Å². The zero-order valence-corrected chi connectivity index (χ0v) is 22.8. The summed E-state index contributed by atoms with van der Waals surface area (Å²) in [4.78, 5) is 16.2. The van der Waals surface area contributed by atoms with Crippen molar-refractivity contribution in [1.29, 1.82) is 0 Å². The lowest BCUT2D eigenvalue weighted by Crippen LogP contribution is -2.49. The number of nitrogens with zero attached hydrogens (tertiary/aromatic N) is 3. The topological polar surface area (TPSA) is 88.6 Å². The van der Waals surface area contributed by atoms with Crippen molar-refractivity contribution < 1.29 is 27.4 Å². The highest BCUT2D eigenvalue weighted by atomic mass is 35.5. The van der Waals surface area contributed by atoms with Gasteiger partial charge in [0.15, 0.2) is 11.5 Å². The Morgan fingerprint density at radius 1 is 0.944 bits per heavy atom. The van der Waals surface area contributed by atoms with Gasteiger partial charge in [0.2, 0.25) is 15.9 Å². The first kappa shape index (κ1) is 27.9. The summed E-state index contributed by atoms with van der Waals surface area (Å²) in [6.45, 7) is 2.52. The SMILES string of the molecule is COc1ccc(CCN(C)S(=O)(=O)c2ccc(OC)c(N3CCN(C(=O)CCCl)CC3)c2)cc1OC. The lowest BCUT2D eigenvalue weighted by molar-refractivity contribution is -0.131. The van der Waals surface area contributed by atoms with Crippen LogP contribution in [0.2, 0.25) is 0 Å². The molecule has 1 fully saturated rings. The van der Waals surface area contributed by atoms with E-state index in [4.69, 9.17) is 25.8 Å². The van der Waals surface area contributed by atoms with Crippen molar-refractivity contribution in [2.45, 2.75) is 17.7 Å². The molecular formula is C25H34ClN3O6S. The fraction of sp³-hybridized carbons (Fsp3) is 0.480. The van der Waals surface area contributed by atoms with Gasteiger partial charge in [0.1, 0.15) is 5.75 Å². The van der Waals surface area contributed by atoms with Gasteiger partial charge in [-0.25, -0.2) is 12.7 Å². The Morgan fingerprint density at radius 2 is 1.58 bits per heavy atom. The Kier molecular flexibility index (Phi) is 9.69. The summed E-state index contributed by atoms with van der Waals surface area (Å²) in [5, 5.41) is 0. The molecule has 1 heterocycles. The molecule has 9 nitrogen and oxygen atoms in total. The molecule has 0 unspecified atom stereocenters. The highest BCUT2D eigenvalue weighted by Gasteiger charge is 2.26. The van der Waals surface area contributed by atoms with Crippen molar-refractivity contribution in [1.82, 2.24) is 9.21 Å². The molecule has 36 heavy (non-hydrogen) atoms. The number of piperazine rings is 1. The maximum atomic E-state index is 13.4. The first-order valence-corrected chi connectivity index (χ1v) is 13.7. The second kappa shape index (κ2) is 12.5. The van der Waals surface area contributed by atoms with Gasteiger partial charge in [0.25, 0.3) is 0 Å². The number of carbonyl (C=O) groups is 1. The van der Waals surface area contributed by atoms with Crippen LogP contribution in [-0.2, 0) is 21.2 Å². The van der Waals surface area contributed by atoms with Gasteiger partial charge in [0.05, 0.1) is 31.9 Å². The largest absolute Gasteiger partial charge is 0.495 e. The van der Waals surface area contributed by atoms with Crippen LogP contribution in [0, 0.1) is 0 Å². The van der Waals surface area contributed by atoms with Gasteiger partial charge in [-0.05, 0) is 42.3 Å². The smallest absolute Gasteiger partial charge is 0.242 e. The number of methoxy groups -OCH3 is 3. The third-order valence-electron chi connectivity index (χ3n) is 6.30. The molecule has 2 aromatic carbocycles. The van der Waals surface area contributed by atoms with E-state index in [1.807, 2.05) is 17.0 Å². The molecule has 0 atom stereocenters. The van der Waals surface area contributed by atoms with Crippen LogP contribution < -0.4 is 19.1 Å². The number of hydrogen-bond donors (Lipinski definition) is 0. The fourth-order valence-corrected chi connectivity index (χ4v) is 5.49. The molecular weight excluding hydrogens is 506 g/mol. The second-order valence-electron chi connectivity index (χ2n) is 8.41. The van der Waals surface area contributed by atoms with Crippen molar-refractivity contribution in [3.8, 4) is 17.2 Å². The van der Waals surface area contributed by atoms with Gasteiger partial charge in [-0.3, -0.25) is 4.79 Å². The van der Waals surface area contributed by atoms with Crippen LogP contribution in [0.1, 0.15) is 12.0 Å². The van der Waals surface area contributed by atoms with Crippen molar-refractivity contribution in [2.24, 2.45) is 0 Å². The van der Waals surface area contributed by atoms with Gasteiger partial charge in [-0.2, -0.15) is 0 Å². The average Bonchev–Trinajstić information content (AvgIpc) is 2.91. The quantitative estimate of drug-likeness (QED) is 0.406. The number of halogens is 1. The highest BCUT2D eigenvalue weighted by molar-refractivity contribution is 7.89. The number of benzene rings is 2. The molecule has 1 amide bonds. The summed E-state index contributed by atoms with van der Waals surface area (Å²) in [6, 6.07) is 10.4. The molecule has 0 saturated carbocycles. The van der Waals surface area contributed by atoms with Crippen LogP contribution in [0.5, 0.6) is 17.2 Å². The summed E-state index contributed by atoms with van der Waals surface area (Å²) in [5.41, 5.74) is 1.63. The lowest BCUT2D eigenvalue weighted by atomic mass is 10.1. The molecule has 0 radical (unpaired) electrons. The molecule has 1 aliphatic rings. The molecule has 3 rings (SSSR count). The Balaban J connectivity index is 1.73. The van der Waals surface area contributed by atoms with Crippen molar-refractivity contribution >= 4 is 33.2 Å². The summed E-state index contributed by atoms with van der Waals surface area (Å²) < 4.78 is 44.2. The van der Waals surface area contributed by atoms with Gasteiger partial charge in [-0.1, -0.05) is 6.07 Å². The second-order valence-corrected chi connectivity index (χ2v) is 10.8. The minimum Gasteiger partial charge on any atom is -0.495 e. The first-order valence-electron chi connectivity index (χ1n) is 11.7. The number of hydrogen-bond acceptors (Lipinski definition) is 7. The van der Waals surface area contributed by atoms with Crippen LogP contribution in [0.4, 0.5) is 5.69 Å². The average molecular weight is 540 g/mol. The predicted molar refractivity (Wildman–Crippen MR) is 140 cm³/mol. The molecule has 1 saturated heterocycles. The Morgan fingerprint density at radius 3 is 2.19 bits per heavy atom. The number of carbonyl (C=O) groups excluding carboxylic acids is 1. The van der Waals surface area contributed by atoms with E-state index in [2.05, 4.69) is 0 Å². The minimum absolute atomic E-state index is 0.0315. The maximum absolute atomic E-state index is 13.4. The molecule has 0 spiro atoms. The summed E-state index contributed by atoms with van der Waals surface area (Å²) in [6.07, 6.45) is 0.825. The summed E-state index contributed by atoms with van der Waals surface area (Å²) in [7, 11) is 2.53. The lowest BCUT2D eigenvalue weighted by Gasteiger charge is -2.36. The van der Waals surface area contributed by atoms with E-state index in [9.17, 15) is 13.2 Å². The van der Waals surface area contributed by atoms with E-state index >= 15 is 0 Å². The molecule has 0 aliphatic carbocycles. The molecule has 11 heteroatoms. The van der Waals surface area contributed by atoms with E-state index in [0.717, 1.165) is 5.56 Å². The van der Waals surface area contributed by atoms with E-state index in [-0.39, 0.29) is 10.8 Å². The number of alkyl halides is 1. The molecule has 0 N–H and O–H groups in total. The first-order chi connectivity index (χ1) is 17.2. The van der Waals surface area contributed by atoms with E-state index in [0.29, 0.717) is 74.4 Å². The van der Waals surface area contributed by atoms with Crippen molar-refractivity contribution in [3.05, 3.63) is 42.0 Å². The van der Waals surface area contributed by atoms with Gasteiger partial charge >= 0.3 is 0 Å². The number of sulfonamides is 1. The van der Waals surface area contributed by atoms with Crippen LogP contribution in [0.25, 0.3) is 0 Å². The molecule has 2 aromatic rings. The van der Waals surface area contributed by atoms with E-state index in [1.165, 1.54) is 4.31 Å².